The van der Waals surface area contributed by atoms with Crippen LogP contribution in [-0.2, 0) is 14.8 Å². The monoisotopic (exact) mass is 389 g/mol. The van der Waals surface area contributed by atoms with Crippen molar-refractivity contribution in [2.45, 2.75) is 25.7 Å². The number of carbonyl (C=O) groups excluding carboxylic acids is 2. The van der Waals surface area contributed by atoms with Crippen molar-refractivity contribution in [2.75, 3.05) is 17.2 Å². The fourth-order valence-corrected chi connectivity index (χ4v) is 3.44. The number of benzene rings is 2. The highest BCUT2D eigenvalue weighted by Crippen LogP contribution is 2.17. The van der Waals surface area contributed by atoms with E-state index >= 15 is 0 Å². The number of anilines is 2. The molecule has 0 saturated carbocycles. The molecule has 3 N–H and O–H groups in total. The zero-order chi connectivity index (χ0) is 20.0. The normalized spacial score (nSPS) is 11.3. The Balaban J connectivity index is 2.09. The number of hydrogen-bond acceptors (Lipinski definition) is 4. The van der Waals surface area contributed by atoms with Crippen LogP contribution in [0.25, 0.3) is 0 Å². The summed E-state index contributed by atoms with van der Waals surface area (Å²) in [6, 6.07) is 12.4. The van der Waals surface area contributed by atoms with Crippen LogP contribution in [0.15, 0.2) is 53.4 Å². The second-order valence-corrected chi connectivity index (χ2v) is 8.25. The van der Waals surface area contributed by atoms with Gasteiger partial charge in [0.1, 0.15) is 0 Å². The van der Waals surface area contributed by atoms with Crippen LogP contribution in [0.5, 0.6) is 0 Å². The molecular formula is C19H23N3O4S. The van der Waals surface area contributed by atoms with E-state index in [1.807, 2.05) is 13.8 Å². The van der Waals surface area contributed by atoms with Crippen LogP contribution < -0.4 is 15.4 Å². The minimum absolute atomic E-state index is 0.104. The molecule has 0 aromatic heterocycles. The van der Waals surface area contributed by atoms with E-state index in [-0.39, 0.29) is 22.6 Å². The van der Waals surface area contributed by atoms with E-state index in [1.54, 1.807) is 24.3 Å². The molecule has 2 aromatic carbocycles. The van der Waals surface area contributed by atoms with Crippen LogP contribution in [0.3, 0.4) is 0 Å². The average Bonchev–Trinajstić information content (AvgIpc) is 2.60. The Kier molecular flexibility index (Phi) is 6.70. The molecule has 2 rings (SSSR count). The third-order valence-corrected chi connectivity index (χ3v) is 4.99. The summed E-state index contributed by atoms with van der Waals surface area (Å²) < 4.78 is 26.9. The number of amides is 2. The quantitative estimate of drug-likeness (QED) is 0.677. The Bertz CT molecular complexity index is 922. The maximum Gasteiger partial charge on any atom is 0.255 e. The van der Waals surface area contributed by atoms with Crippen molar-refractivity contribution in [3.05, 3.63) is 54.1 Å². The SMILES string of the molecule is CC(=O)Nc1cccc(NC(=O)c2ccc(S(=O)(=O)NCC(C)C)cc2)c1. The Morgan fingerprint density at radius 1 is 0.963 bits per heavy atom. The zero-order valence-corrected chi connectivity index (χ0v) is 16.3. The van der Waals surface area contributed by atoms with Gasteiger partial charge >= 0.3 is 0 Å². The first-order chi connectivity index (χ1) is 12.7. The van der Waals surface area contributed by atoms with Crippen molar-refractivity contribution < 1.29 is 18.0 Å². The molecule has 0 aliphatic heterocycles. The summed E-state index contributed by atoms with van der Waals surface area (Å²) in [6.07, 6.45) is 0. The largest absolute Gasteiger partial charge is 0.326 e. The lowest BCUT2D eigenvalue weighted by molar-refractivity contribution is -0.114. The summed E-state index contributed by atoms with van der Waals surface area (Å²) in [5.74, 6) is -0.395. The van der Waals surface area contributed by atoms with Gasteiger partial charge in [-0.1, -0.05) is 19.9 Å². The molecule has 2 aromatic rings. The number of rotatable bonds is 7. The van der Waals surface area contributed by atoms with Gasteiger partial charge in [0.25, 0.3) is 5.91 Å². The Morgan fingerprint density at radius 2 is 1.56 bits per heavy atom. The predicted octanol–water partition coefficient (Wildman–Crippen LogP) is 2.83. The van der Waals surface area contributed by atoms with Crippen molar-refractivity contribution in [2.24, 2.45) is 5.92 Å². The highest BCUT2D eigenvalue weighted by atomic mass is 32.2. The van der Waals surface area contributed by atoms with E-state index in [9.17, 15) is 18.0 Å². The van der Waals surface area contributed by atoms with Gasteiger partial charge in [-0.05, 0) is 48.4 Å². The molecule has 144 valence electrons. The van der Waals surface area contributed by atoms with E-state index in [0.29, 0.717) is 23.5 Å². The van der Waals surface area contributed by atoms with Crippen LogP contribution in [0.4, 0.5) is 11.4 Å². The van der Waals surface area contributed by atoms with E-state index in [1.165, 1.54) is 31.2 Å². The summed E-state index contributed by atoms with van der Waals surface area (Å²) in [7, 11) is -3.60. The molecule has 0 saturated heterocycles. The smallest absolute Gasteiger partial charge is 0.255 e. The van der Waals surface area contributed by atoms with E-state index in [2.05, 4.69) is 15.4 Å². The second-order valence-electron chi connectivity index (χ2n) is 6.49. The van der Waals surface area contributed by atoms with Crippen molar-refractivity contribution in [3.63, 3.8) is 0 Å². The maximum absolute atomic E-state index is 12.4. The number of carbonyl (C=O) groups is 2. The molecule has 2 amide bonds. The molecule has 0 fully saturated rings. The first-order valence-electron chi connectivity index (χ1n) is 8.46. The van der Waals surface area contributed by atoms with Gasteiger partial charge in [-0.2, -0.15) is 0 Å². The summed E-state index contributed by atoms with van der Waals surface area (Å²) in [5.41, 5.74) is 1.40. The van der Waals surface area contributed by atoms with Crippen LogP contribution in [-0.4, -0.2) is 26.8 Å². The number of nitrogens with one attached hydrogen (secondary N) is 3. The van der Waals surface area contributed by atoms with Gasteiger partial charge in [-0.3, -0.25) is 9.59 Å². The molecule has 0 radical (unpaired) electrons. The molecule has 27 heavy (non-hydrogen) atoms. The summed E-state index contributed by atoms with van der Waals surface area (Å²) in [6.45, 7) is 5.57. The van der Waals surface area contributed by atoms with E-state index in [4.69, 9.17) is 0 Å². The fraction of sp³-hybridized carbons (Fsp3) is 0.263. The zero-order valence-electron chi connectivity index (χ0n) is 15.4. The maximum atomic E-state index is 12.4. The van der Waals surface area contributed by atoms with Crippen molar-refractivity contribution in [1.82, 2.24) is 4.72 Å². The lowest BCUT2D eigenvalue weighted by atomic mass is 10.2. The topological polar surface area (TPSA) is 104 Å². The van der Waals surface area contributed by atoms with E-state index in [0.717, 1.165) is 0 Å². The van der Waals surface area contributed by atoms with Gasteiger partial charge in [0.2, 0.25) is 15.9 Å². The van der Waals surface area contributed by atoms with Gasteiger partial charge < -0.3 is 10.6 Å². The minimum Gasteiger partial charge on any atom is -0.326 e. The molecular weight excluding hydrogens is 366 g/mol. The van der Waals surface area contributed by atoms with Gasteiger partial charge in [-0.15, -0.1) is 0 Å². The van der Waals surface area contributed by atoms with Crippen molar-refractivity contribution in [3.8, 4) is 0 Å². The standard InChI is InChI=1S/C19H23N3O4S/c1-13(2)12-20-27(25,26)18-9-7-15(8-10-18)19(24)22-17-6-4-5-16(11-17)21-14(3)23/h4-11,13,20H,12H2,1-3H3,(H,21,23)(H,22,24). The van der Waals surface area contributed by atoms with Crippen LogP contribution in [0.1, 0.15) is 31.1 Å². The molecule has 0 aliphatic rings. The first-order valence-corrected chi connectivity index (χ1v) is 9.94. The molecule has 0 bridgehead atoms. The van der Waals surface area contributed by atoms with Gasteiger partial charge in [-0.25, -0.2) is 13.1 Å². The van der Waals surface area contributed by atoms with E-state index < -0.39 is 10.0 Å². The molecule has 0 unspecified atom stereocenters. The average molecular weight is 389 g/mol. The van der Waals surface area contributed by atoms with Crippen molar-refractivity contribution in [1.29, 1.82) is 0 Å². The minimum atomic E-state index is -3.60. The highest BCUT2D eigenvalue weighted by molar-refractivity contribution is 7.89. The van der Waals surface area contributed by atoms with Crippen LogP contribution in [0.2, 0.25) is 0 Å². The summed E-state index contributed by atoms with van der Waals surface area (Å²) >= 11 is 0. The summed E-state index contributed by atoms with van der Waals surface area (Å²) in [4.78, 5) is 23.6. The predicted molar refractivity (Wildman–Crippen MR) is 105 cm³/mol. The van der Waals surface area contributed by atoms with Gasteiger partial charge in [0, 0.05) is 30.4 Å². The second kappa shape index (κ2) is 8.79. The van der Waals surface area contributed by atoms with Crippen LogP contribution >= 0.6 is 0 Å². The Labute approximate surface area is 159 Å². The molecule has 0 atom stereocenters. The molecule has 0 spiro atoms. The van der Waals surface area contributed by atoms with Gasteiger partial charge in [0.15, 0.2) is 0 Å². The number of sulfonamides is 1. The third kappa shape index (κ3) is 6.19. The Morgan fingerprint density at radius 3 is 2.11 bits per heavy atom. The van der Waals surface area contributed by atoms with Gasteiger partial charge in [0.05, 0.1) is 4.90 Å². The lowest BCUT2D eigenvalue weighted by Gasteiger charge is -2.10. The van der Waals surface area contributed by atoms with Crippen molar-refractivity contribution >= 4 is 33.2 Å². The molecule has 0 heterocycles. The number of hydrogen-bond donors (Lipinski definition) is 3. The lowest BCUT2D eigenvalue weighted by Crippen LogP contribution is -2.27. The Hall–Kier alpha value is -2.71. The van der Waals surface area contributed by atoms with Crippen LogP contribution in [0, 0.1) is 5.92 Å². The summed E-state index contributed by atoms with van der Waals surface area (Å²) in [5, 5.41) is 5.35. The third-order valence-electron chi connectivity index (χ3n) is 3.55. The molecule has 0 aliphatic carbocycles. The first kappa shape index (κ1) is 20.6. The fourth-order valence-electron chi connectivity index (χ4n) is 2.23. The molecule has 8 heteroatoms. The highest BCUT2D eigenvalue weighted by Gasteiger charge is 2.15. The molecule has 7 nitrogen and oxygen atoms in total.